The molecule has 0 aromatic heterocycles. The number of benzene rings is 1. The number of carboxylic acids is 1. The van der Waals surface area contributed by atoms with Crippen molar-refractivity contribution in [2.75, 3.05) is 31.7 Å². The van der Waals surface area contributed by atoms with Crippen molar-refractivity contribution in [3.8, 4) is 0 Å². The smallest absolute Gasteiger partial charge is 0.338 e. The molecule has 0 saturated heterocycles. The van der Waals surface area contributed by atoms with Crippen molar-refractivity contribution in [2.24, 2.45) is 0 Å². The van der Waals surface area contributed by atoms with E-state index in [4.69, 9.17) is 4.74 Å². The van der Waals surface area contributed by atoms with Crippen LogP contribution in [-0.2, 0) is 4.74 Å². The molecule has 1 rings (SSSR count). The van der Waals surface area contributed by atoms with Crippen LogP contribution in [0.1, 0.15) is 17.3 Å². The fourth-order valence-corrected chi connectivity index (χ4v) is 2.16. The molecule has 0 amide bonds. The average molecular weight is 302 g/mol. The molecule has 0 atom stereocenters. The van der Waals surface area contributed by atoms with Crippen LogP contribution in [0, 0.1) is 0 Å². The van der Waals surface area contributed by atoms with Crippen LogP contribution in [0.15, 0.2) is 22.7 Å². The van der Waals surface area contributed by atoms with Crippen molar-refractivity contribution in [3.05, 3.63) is 28.2 Å². The van der Waals surface area contributed by atoms with Crippen LogP contribution in [0.3, 0.4) is 0 Å². The van der Waals surface area contributed by atoms with Crippen molar-refractivity contribution < 1.29 is 14.6 Å². The van der Waals surface area contributed by atoms with Gasteiger partial charge in [0.15, 0.2) is 0 Å². The molecule has 1 N–H and O–H groups in total. The van der Waals surface area contributed by atoms with Crippen LogP contribution in [0.5, 0.6) is 0 Å². The Labute approximate surface area is 109 Å². The highest BCUT2D eigenvalue weighted by molar-refractivity contribution is 9.10. The summed E-state index contributed by atoms with van der Waals surface area (Å²) in [5.74, 6) is -0.927. The highest BCUT2D eigenvalue weighted by Crippen LogP contribution is 2.27. The molecule has 4 nitrogen and oxygen atoms in total. The molecule has 94 valence electrons. The zero-order chi connectivity index (χ0) is 12.8. The third kappa shape index (κ3) is 3.44. The lowest BCUT2D eigenvalue weighted by molar-refractivity contribution is 0.0696. The molecule has 0 fully saturated rings. The molecule has 0 aliphatic rings. The van der Waals surface area contributed by atoms with Gasteiger partial charge in [0.2, 0.25) is 0 Å². The SMILES string of the molecule is CCN(CCOC)c1cccc(Br)c1C(=O)O. The number of halogens is 1. The van der Waals surface area contributed by atoms with Crippen LogP contribution in [0.2, 0.25) is 0 Å². The van der Waals surface area contributed by atoms with Crippen molar-refractivity contribution in [1.29, 1.82) is 0 Å². The van der Waals surface area contributed by atoms with E-state index < -0.39 is 5.97 Å². The van der Waals surface area contributed by atoms with Crippen LogP contribution in [0.4, 0.5) is 5.69 Å². The second kappa shape index (κ2) is 6.61. The number of hydrogen-bond acceptors (Lipinski definition) is 3. The van der Waals surface area contributed by atoms with E-state index >= 15 is 0 Å². The largest absolute Gasteiger partial charge is 0.478 e. The number of methoxy groups -OCH3 is 1. The maximum atomic E-state index is 11.2. The van der Waals surface area contributed by atoms with E-state index in [9.17, 15) is 9.90 Å². The quantitative estimate of drug-likeness (QED) is 0.877. The predicted octanol–water partition coefficient (Wildman–Crippen LogP) is 2.62. The molecule has 1 aromatic rings. The van der Waals surface area contributed by atoms with E-state index in [0.717, 1.165) is 6.54 Å². The zero-order valence-electron chi connectivity index (χ0n) is 9.94. The molecule has 0 aliphatic heterocycles. The summed E-state index contributed by atoms with van der Waals surface area (Å²) < 4.78 is 5.62. The Balaban J connectivity index is 3.09. The zero-order valence-corrected chi connectivity index (χ0v) is 11.5. The molecular weight excluding hydrogens is 286 g/mol. The van der Waals surface area contributed by atoms with Crippen molar-refractivity contribution >= 4 is 27.6 Å². The average Bonchev–Trinajstić information content (AvgIpc) is 2.29. The van der Waals surface area contributed by atoms with Crippen molar-refractivity contribution in [3.63, 3.8) is 0 Å². The molecule has 0 unspecified atom stereocenters. The number of rotatable bonds is 6. The first kappa shape index (κ1) is 14.0. The first-order chi connectivity index (χ1) is 8.11. The third-order valence-corrected chi connectivity index (χ3v) is 3.15. The van der Waals surface area contributed by atoms with Gasteiger partial charge in [-0.1, -0.05) is 6.07 Å². The number of ether oxygens (including phenoxy) is 1. The van der Waals surface area contributed by atoms with Gasteiger partial charge in [-0.25, -0.2) is 4.79 Å². The first-order valence-corrected chi connectivity index (χ1v) is 6.16. The molecule has 17 heavy (non-hydrogen) atoms. The first-order valence-electron chi connectivity index (χ1n) is 5.37. The van der Waals surface area contributed by atoms with E-state index in [1.54, 1.807) is 13.2 Å². The summed E-state index contributed by atoms with van der Waals surface area (Å²) >= 11 is 3.27. The van der Waals surface area contributed by atoms with Crippen LogP contribution in [-0.4, -0.2) is 37.9 Å². The minimum Gasteiger partial charge on any atom is -0.478 e. The van der Waals surface area contributed by atoms with Gasteiger partial charge in [-0.2, -0.15) is 0 Å². The van der Waals surface area contributed by atoms with Gasteiger partial charge in [-0.3, -0.25) is 0 Å². The van der Waals surface area contributed by atoms with Gasteiger partial charge in [-0.05, 0) is 35.0 Å². The van der Waals surface area contributed by atoms with E-state index in [2.05, 4.69) is 15.9 Å². The molecule has 0 bridgehead atoms. The Kier molecular flexibility index (Phi) is 5.44. The summed E-state index contributed by atoms with van der Waals surface area (Å²) in [6.07, 6.45) is 0. The Bertz CT molecular complexity index is 395. The van der Waals surface area contributed by atoms with Crippen molar-refractivity contribution in [1.82, 2.24) is 0 Å². The Morgan fingerprint density at radius 3 is 2.76 bits per heavy atom. The molecule has 0 radical (unpaired) electrons. The third-order valence-electron chi connectivity index (χ3n) is 2.49. The number of hydrogen-bond donors (Lipinski definition) is 1. The molecule has 1 aromatic carbocycles. The van der Waals surface area contributed by atoms with E-state index in [0.29, 0.717) is 28.9 Å². The fourth-order valence-electron chi connectivity index (χ4n) is 1.64. The Morgan fingerprint density at radius 2 is 2.24 bits per heavy atom. The monoisotopic (exact) mass is 301 g/mol. The van der Waals surface area contributed by atoms with Crippen LogP contribution >= 0.6 is 15.9 Å². The lowest BCUT2D eigenvalue weighted by Crippen LogP contribution is -2.28. The van der Waals surface area contributed by atoms with Crippen molar-refractivity contribution in [2.45, 2.75) is 6.92 Å². The number of aromatic carboxylic acids is 1. The van der Waals surface area contributed by atoms with Gasteiger partial charge in [0.05, 0.1) is 17.9 Å². The molecule has 5 heteroatoms. The standard InChI is InChI=1S/C12H16BrNO3/c1-3-14(7-8-17-2)10-6-4-5-9(13)11(10)12(15)16/h4-6H,3,7-8H2,1-2H3,(H,15,16). The lowest BCUT2D eigenvalue weighted by Gasteiger charge is -2.24. The van der Waals surface area contributed by atoms with Gasteiger partial charge in [-0.15, -0.1) is 0 Å². The van der Waals surface area contributed by atoms with E-state index in [-0.39, 0.29) is 0 Å². The van der Waals surface area contributed by atoms with Gasteiger partial charge in [0.25, 0.3) is 0 Å². The van der Waals surface area contributed by atoms with Gasteiger partial charge < -0.3 is 14.7 Å². The number of nitrogens with zero attached hydrogens (tertiary/aromatic N) is 1. The second-order valence-electron chi connectivity index (χ2n) is 3.51. The topological polar surface area (TPSA) is 49.8 Å². The minimum absolute atomic E-state index is 0.297. The summed E-state index contributed by atoms with van der Waals surface area (Å²) in [7, 11) is 1.63. The summed E-state index contributed by atoms with van der Waals surface area (Å²) in [6, 6.07) is 5.38. The van der Waals surface area contributed by atoms with Crippen LogP contribution < -0.4 is 4.90 Å². The number of carboxylic acid groups (broad SMARTS) is 1. The molecule has 0 aliphatic carbocycles. The van der Waals surface area contributed by atoms with Crippen LogP contribution in [0.25, 0.3) is 0 Å². The summed E-state index contributed by atoms with van der Waals surface area (Å²) in [5, 5.41) is 9.23. The van der Waals surface area contributed by atoms with Gasteiger partial charge in [0, 0.05) is 24.7 Å². The Morgan fingerprint density at radius 1 is 1.53 bits per heavy atom. The maximum absolute atomic E-state index is 11.2. The molecule has 0 saturated carbocycles. The number of carbonyl (C=O) groups is 1. The normalized spacial score (nSPS) is 10.3. The molecule has 0 heterocycles. The Hall–Kier alpha value is -1.07. The maximum Gasteiger partial charge on any atom is 0.338 e. The summed E-state index contributed by atoms with van der Waals surface area (Å²) in [6.45, 7) is 3.96. The van der Waals surface area contributed by atoms with E-state index in [1.807, 2.05) is 24.0 Å². The number of likely N-dealkylation sites (N-methyl/N-ethyl adjacent to an activating group) is 1. The highest BCUT2D eigenvalue weighted by atomic mass is 79.9. The van der Waals surface area contributed by atoms with Gasteiger partial charge in [0.1, 0.15) is 0 Å². The predicted molar refractivity (Wildman–Crippen MR) is 70.9 cm³/mol. The highest BCUT2D eigenvalue weighted by Gasteiger charge is 2.17. The van der Waals surface area contributed by atoms with Gasteiger partial charge >= 0.3 is 5.97 Å². The molecule has 0 spiro atoms. The fraction of sp³-hybridized carbons (Fsp3) is 0.417. The summed E-state index contributed by atoms with van der Waals surface area (Å²) in [5.41, 5.74) is 1.01. The van der Waals surface area contributed by atoms with E-state index in [1.165, 1.54) is 0 Å². The minimum atomic E-state index is -0.927. The lowest BCUT2D eigenvalue weighted by atomic mass is 10.1. The summed E-state index contributed by atoms with van der Waals surface area (Å²) in [4.78, 5) is 13.2. The number of anilines is 1. The molecular formula is C12H16BrNO3. The second-order valence-corrected chi connectivity index (χ2v) is 4.37.